The van der Waals surface area contributed by atoms with Crippen molar-refractivity contribution in [2.45, 2.75) is 13.3 Å². The number of benzene rings is 1. The van der Waals surface area contributed by atoms with Gasteiger partial charge in [-0.1, -0.05) is 6.07 Å². The fourth-order valence-corrected chi connectivity index (χ4v) is 2.18. The van der Waals surface area contributed by atoms with Crippen LogP contribution in [0.25, 0.3) is 0 Å². The van der Waals surface area contributed by atoms with Gasteiger partial charge in [0.25, 0.3) is 0 Å². The molecule has 0 aliphatic heterocycles. The summed E-state index contributed by atoms with van der Waals surface area (Å²) in [5, 5.41) is 0. The number of ketones is 1. The zero-order valence-corrected chi connectivity index (χ0v) is 10.8. The van der Waals surface area contributed by atoms with Crippen molar-refractivity contribution >= 4 is 17.7 Å². The van der Waals surface area contributed by atoms with Crippen LogP contribution in [0.15, 0.2) is 18.2 Å². The monoisotopic (exact) mass is 262 g/mol. The quantitative estimate of drug-likeness (QED) is 0.608. The molecule has 0 aromatic heterocycles. The predicted molar refractivity (Wildman–Crippen MR) is 65.9 cm³/mol. The van der Waals surface area contributed by atoms with Crippen LogP contribution in [-0.4, -0.2) is 31.4 Å². The van der Waals surface area contributed by atoms with Crippen molar-refractivity contribution in [3.63, 3.8) is 0 Å². The Morgan fingerprint density at radius 3 is 2.74 bits per heavy atom. The summed E-state index contributed by atoms with van der Waals surface area (Å²) in [6.45, 7) is 1.94. The molecule has 0 fully saturated rings. The molecular formula is C14H14O5. The molecule has 100 valence electrons. The van der Waals surface area contributed by atoms with Crippen LogP contribution in [0.2, 0.25) is 0 Å². The van der Waals surface area contributed by atoms with Crippen molar-refractivity contribution in [1.29, 1.82) is 0 Å². The lowest BCUT2D eigenvalue weighted by Gasteiger charge is -2.05. The molecule has 2 rings (SSSR count). The van der Waals surface area contributed by atoms with Gasteiger partial charge < -0.3 is 9.47 Å². The molecule has 5 heteroatoms. The van der Waals surface area contributed by atoms with Gasteiger partial charge in [-0.2, -0.15) is 0 Å². The van der Waals surface area contributed by atoms with E-state index < -0.39 is 17.9 Å². The van der Waals surface area contributed by atoms with Crippen LogP contribution in [0.5, 0.6) is 0 Å². The Morgan fingerprint density at radius 2 is 2.11 bits per heavy atom. The normalized spacial score (nSPS) is 16.9. The number of esters is 2. The van der Waals surface area contributed by atoms with Gasteiger partial charge >= 0.3 is 11.9 Å². The first-order valence-electron chi connectivity index (χ1n) is 6.00. The molecule has 19 heavy (non-hydrogen) atoms. The van der Waals surface area contributed by atoms with Crippen LogP contribution >= 0.6 is 0 Å². The van der Waals surface area contributed by atoms with Crippen LogP contribution in [-0.2, 0) is 20.7 Å². The number of Topliss-reactive ketones (excluding diaryl/α,β-unsaturated/α-hetero) is 1. The topological polar surface area (TPSA) is 69.7 Å². The van der Waals surface area contributed by atoms with E-state index in [0.717, 1.165) is 0 Å². The second-order valence-corrected chi connectivity index (χ2v) is 4.24. The Kier molecular flexibility index (Phi) is 3.64. The minimum absolute atomic E-state index is 0.242. The van der Waals surface area contributed by atoms with Gasteiger partial charge in [-0.05, 0) is 31.0 Å². The lowest BCUT2D eigenvalue weighted by atomic mass is 10.1. The van der Waals surface area contributed by atoms with E-state index in [1.807, 2.05) is 0 Å². The number of ether oxygens (including phenoxy) is 2. The number of carbonyl (C=O) groups excluding carboxylic acids is 3. The molecule has 0 N–H and O–H groups in total. The molecule has 1 unspecified atom stereocenters. The first-order valence-corrected chi connectivity index (χ1v) is 6.00. The molecule has 0 amide bonds. The second-order valence-electron chi connectivity index (χ2n) is 4.24. The van der Waals surface area contributed by atoms with E-state index in [1.54, 1.807) is 19.1 Å². The van der Waals surface area contributed by atoms with Gasteiger partial charge in [0.1, 0.15) is 5.92 Å². The van der Waals surface area contributed by atoms with Gasteiger partial charge in [-0.15, -0.1) is 0 Å². The summed E-state index contributed by atoms with van der Waals surface area (Å²) in [7, 11) is 1.29. The lowest BCUT2D eigenvalue weighted by molar-refractivity contribution is -0.145. The van der Waals surface area contributed by atoms with E-state index in [4.69, 9.17) is 4.74 Å². The van der Waals surface area contributed by atoms with E-state index in [9.17, 15) is 14.4 Å². The molecule has 0 saturated heterocycles. The number of carbonyl (C=O) groups is 3. The number of rotatable bonds is 3. The Bertz CT molecular complexity index is 547. The highest BCUT2D eigenvalue weighted by Gasteiger charge is 2.37. The molecule has 0 bridgehead atoms. The van der Waals surface area contributed by atoms with Crippen molar-refractivity contribution in [1.82, 2.24) is 0 Å². The summed E-state index contributed by atoms with van der Waals surface area (Å²) < 4.78 is 9.50. The smallest absolute Gasteiger partial charge is 0.337 e. The molecular weight excluding hydrogens is 248 g/mol. The van der Waals surface area contributed by atoms with Crippen molar-refractivity contribution < 1.29 is 23.9 Å². The van der Waals surface area contributed by atoms with Gasteiger partial charge in [-0.25, -0.2) is 4.79 Å². The van der Waals surface area contributed by atoms with E-state index >= 15 is 0 Å². The van der Waals surface area contributed by atoms with E-state index in [-0.39, 0.29) is 18.8 Å². The maximum atomic E-state index is 12.0. The summed E-state index contributed by atoms with van der Waals surface area (Å²) in [6, 6.07) is 4.68. The Balaban J connectivity index is 2.28. The highest BCUT2D eigenvalue weighted by Crippen LogP contribution is 2.28. The zero-order valence-electron chi connectivity index (χ0n) is 10.8. The third-order valence-electron chi connectivity index (χ3n) is 3.10. The maximum absolute atomic E-state index is 12.0. The lowest BCUT2D eigenvalue weighted by Crippen LogP contribution is -2.23. The van der Waals surface area contributed by atoms with Gasteiger partial charge in [-0.3, -0.25) is 9.59 Å². The highest BCUT2D eigenvalue weighted by atomic mass is 16.5. The van der Waals surface area contributed by atoms with Crippen LogP contribution in [0.1, 0.15) is 33.2 Å². The summed E-state index contributed by atoms with van der Waals surface area (Å²) in [4.78, 5) is 35.1. The minimum Gasteiger partial charge on any atom is -0.465 e. The standard InChI is InChI=1S/C14H14O5/c1-3-19-14(17)11-7-9-6-8(13(16)18-2)4-5-10(9)12(11)15/h4-6,11H,3,7H2,1-2H3. The average molecular weight is 262 g/mol. The molecule has 1 aliphatic rings. The SMILES string of the molecule is CCOC(=O)C1Cc2cc(C(=O)OC)ccc2C1=O. The van der Waals surface area contributed by atoms with Crippen molar-refractivity contribution in [3.8, 4) is 0 Å². The molecule has 5 nitrogen and oxygen atoms in total. The molecule has 1 aromatic rings. The first-order chi connectivity index (χ1) is 9.08. The molecule has 1 aliphatic carbocycles. The second kappa shape index (κ2) is 5.22. The van der Waals surface area contributed by atoms with Crippen molar-refractivity contribution in [2.75, 3.05) is 13.7 Å². The highest BCUT2D eigenvalue weighted by molar-refractivity contribution is 6.12. The molecule has 0 saturated carbocycles. The zero-order chi connectivity index (χ0) is 14.0. The number of hydrogen-bond donors (Lipinski definition) is 0. The largest absolute Gasteiger partial charge is 0.465 e. The van der Waals surface area contributed by atoms with Crippen LogP contribution in [0.4, 0.5) is 0 Å². The summed E-state index contributed by atoms with van der Waals surface area (Å²) in [5.41, 5.74) is 1.54. The number of methoxy groups -OCH3 is 1. The van der Waals surface area contributed by atoms with E-state index in [1.165, 1.54) is 13.2 Å². The van der Waals surface area contributed by atoms with Crippen molar-refractivity contribution in [2.24, 2.45) is 5.92 Å². The molecule has 0 spiro atoms. The van der Waals surface area contributed by atoms with Crippen LogP contribution < -0.4 is 0 Å². The number of hydrogen-bond acceptors (Lipinski definition) is 5. The Morgan fingerprint density at radius 1 is 1.37 bits per heavy atom. The fourth-order valence-electron chi connectivity index (χ4n) is 2.18. The van der Waals surface area contributed by atoms with Crippen molar-refractivity contribution in [3.05, 3.63) is 34.9 Å². The predicted octanol–water partition coefficient (Wildman–Crippen LogP) is 1.39. The van der Waals surface area contributed by atoms with Gasteiger partial charge in [0.2, 0.25) is 0 Å². The minimum atomic E-state index is -0.789. The average Bonchev–Trinajstić information content (AvgIpc) is 2.75. The molecule has 1 atom stereocenters. The Labute approximate surface area is 110 Å². The van der Waals surface area contributed by atoms with E-state index in [2.05, 4.69) is 4.74 Å². The third kappa shape index (κ3) is 2.36. The van der Waals surface area contributed by atoms with Crippen LogP contribution in [0, 0.1) is 5.92 Å². The molecule has 0 radical (unpaired) electrons. The first kappa shape index (κ1) is 13.3. The van der Waals surface area contributed by atoms with Crippen LogP contribution in [0.3, 0.4) is 0 Å². The van der Waals surface area contributed by atoms with Gasteiger partial charge in [0, 0.05) is 5.56 Å². The van der Waals surface area contributed by atoms with Gasteiger partial charge in [0.15, 0.2) is 5.78 Å². The maximum Gasteiger partial charge on any atom is 0.337 e. The molecule has 0 heterocycles. The molecule has 1 aromatic carbocycles. The summed E-state index contributed by atoms with van der Waals surface area (Å²) in [5.74, 6) is -2.01. The Hall–Kier alpha value is -2.17. The summed E-state index contributed by atoms with van der Waals surface area (Å²) in [6.07, 6.45) is 0.276. The van der Waals surface area contributed by atoms with E-state index in [0.29, 0.717) is 16.7 Å². The van der Waals surface area contributed by atoms with Gasteiger partial charge in [0.05, 0.1) is 19.3 Å². The fraction of sp³-hybridized carbons (Fsp3) is 0.357. The summed E-state index contributed by atoms with van der Waals surface area (Å²) >= 11 is 0. The number of fused-ring (bicyclic) bond motifs is 1. The third-order valence-corrected chi connectivity index (χ3v) is 3.10.